The SMILES string of the molecule is CN=C(NCCc1ccc(OC)cc1Cl)NCc1cccc(C(=O)NC)c1. The number of hydrogen-bond donors (Lipinski definition) is 3. The van der Waals surface area contributed by atoms with Crippen molar-refractivity contribution in [2.45, 2.75) is 13.0 Å². The topological polar surface area (TPSA) is 74.8 Å². The molecule has 0 atom stereocenters. The first-order chi connectivity index (χ1) is 13.1. The van der Waals surface area contributed by atoms with Crippen molar-refractivity contribution < 1.29 is 9.53 Å². The third kappa shape index (κ3) is 6.18. The summed E-state index contributed by atoms with van der Waals surface area (Å²) in [5.74, 6) is 1.33. The van der Waals surface area contributed by atoms with Crippen LogP contribution in [0.1, 0.15) is 21.5 Å². The second kappa shape index (κ2) is 10.4. The standard InChI is InChI=1S/C20H25ClN4O2/c1-22-19(26)16-6-4-5-14(11-16)13-25-20(23-2)24-10-9-15-7-8-17(27-3)12-18(15)21/h4-8,11-12H,9-10,13H2,1-3H3,(H,22,26)(H2,23,24,25). The van der Waals surface area contributed by atoms with Gasteiger partial charge in [0.15, 0.2) is 5.96 Å². The van der Waals surface area contributed by atoms with E-state index in [0.29, 0.717) is 29.6 Å². The zero-order valence-electron chi connectivity index (χ0n) is 15.8. The van der Waals surface area contributed by atoms with Crippen LogP contribution >= 0.6 is 11.6 Å². The molecule has 2 aromatic rings. The molecule has 0 aromatic heterocycles. The van der Waals surface area contributed by atoms with Gasteiger partial charge in [0.2, 0.25) is 0 Å². The summed E-state index contributed by atoms with van der Waals surface area (Å²) in [4.78, 5) is 15.9. The fraction of sp³-hybridized carbons (Fsp3) is 0.300. The number of carbonyl (C=O) groups is 1. The lowest BCUT2D eigenvalue weighted by molar-refractivity contribution is 0.0963. The van der Waals surface area contributed by atoms with E-state index in [9.17, 15) is 4.79 Å². The van der Waals surface area contributed by atoms with E-state index in [1.54, 1.807) is 27.3 Å². The van der Waals surface area contributed by atoms with E-state index in [1.807, 2.05) is 36.4 Å². The van der Waals surface area contributed by atoms with Crippen LogP contribution in [0, 0.1) is 0 Å². The van der Waals surface area contributed by atoms with Gasteiger partial charge in [0.05, 0.1) is 7.11 Å². The zero-order chi connectivity index (χ0) is 19.6. The van der Waals surface area contributed by atoms with Crippen LogP contribution in [0.25, 0.3) is 0 Å². The van der Waals surface area contributed by atoms with Crippen LogP contribution in [0.5, 0.6) is 5.75 Å². The van der Waals surface area contributed by atoms with Gasteiger partial charge < -0.3 is 20.7 Å². The van der Waals surface area contributed by atoms with Crippen LogP contribution in [-0.4, -0.2) is 39.6 Å². The largest absolute Gasteiger partial charge is 0.497 e. The third-order valence-corrected chi connectivity index (χ3v) is 4.40. The molecule has 0 aliphatic heterocycles. The van der Waals surface area contributed by atoms with Gasteiger partial charge in [-0.15, -0.1) is 0 Å². The summed E-state index contributed by atoms with van der Waals surface area (Å²) < 4.78 is 5.16. The smallest absolute Gasteiger partial charge is 0.251 e. The highest BCUT2D eigenvalue weighted by atomic mass is 35.5. The monoisotopic (exact) mass is 388 g/mol. The Morgan fingerprint density at radius 2 is 2.00 bits per heavy atom. The Hall–Kier alpha value is -2.73. The summed E-state index contributed by atoms with van der Waals surface area (Å²) in [6.07, 6.45) is 0.760. The Bertz CT molecular complexity index is 808. The molecule has 0 bridgehead atoms. The normalized spacial score (nSPS) is 11.0. The summed E-state index contributed by atoms with van der Waals surface area (Å²) in [6.45, 7) is 1.25. The molecular weight excluding hydrogens is 364 g/mol. The number of methoxy groups -OCH3 is 1. The lowest BCUT2D eigenvalue weighted by atomic mass is 10.1. The highest BCUT2D eigenvalue weighted by Crippen LogP contribution is 2.22. The summed E-state index contributed by atoms with van der Waals surface area (Å²) in [7, 11) is 4.96. The molecule has 1 amide bonds. The molecule has 27 heavy (non-hydrogen) atoms. The number of rotatable bonds is 7. The Morgan fingerprint density at radius 1 is 1.19 bits per heavy atom. The molecule has 7 heteroatoms. The van der Waals surface area contributed by atoms with Crippen LogP contribution in [0.4, 0.5) is 0 Å². The quantitative estimate of drug-likeness (QED) is 0.503. The van der Waals surface area contributed by atoms with E-state index >= 15 is 0 Å². The number of halogens is 1. The van der Waals surface area contributed by atoms with E-state index in [1.165, 1.54) is 0 Å². The summed E-state index contributed by atoms with van der Waals surface area (Å²) in [5.41, 5.74) is 2.67. The molecule has 0 aliphatic rings. The van der Waals surface area contributed by atoms with Crippen molar-refractivity contribution in [1.29, 1.82) is 0 Å². The number of nitrogens with one attached hydrogen (secondary N) is 3. The van der Waals surface area contributed by atoms with Crippen LogP contribution in [0.15, 0.2) is 47.5 Å². The Labute approximate surface area is 165 Å². The van der Waals surface area contributed by atoms with Gasteiger partial charge in [-0.05, 0) is 41.8 Å². The number of aliphatic imine (C=N–C) groups is 1. The molecule has 0 radical (unpaired) electrons. The van der Waals surface area contributed by atoms with Gasteiger partial charge in [-0.1, -0.05) is 29.8 Å². The van der Waals surface area contributed by atoms with Gasteiger partial charge >= 0.3 is 0 Å². The lowest BCUT2D eigenvalue weighted by Gasteiger charge is -2.13. The minimum atomic E-state index is -0.101. The molecule has 0 heterocycles. The van der Waals surface area contributed by atoms with Crippen LogP contribution in [0.2, 0.25) is 5.02 Å². The van der Waals surface area contributed by atoms with Gasteiger partial charge in [-0.2, -0.15) is 0 Å². The van der Waals surface area contributed by atoms with Crippen molar-refractivity contribution in [2.75, 3.05) is 27.7 Å². The first-order valence-corrected chi connectivity index (χ1v) is 9.03. The number of carbonyl (C=O) groups excluding carboxylic acids is 1. The van der Waals surface area contributed by atoms with Gasteiger partial charge in [0.25, 0.3) is 5.91 Å². The first kappa shape index (κ1) is 20.6. The molecule has 0 spiro atoms. The van der Waals surface area contributed by atoms with Gasteiger partial charge in [0.1, 0.15) is 5.75 Å². The Balaban J connectivity index is 1.85. The van der Waals surface area contributed by atoms with Gasteiger partial charge in [-0.25, -0.2) is 0 Å². The minimum absolute atomic E-state index is 0.101. The molecule has 0 saturated heterocycles. The lowest BCUT2D eigenvalue weighted by Crippen LogP contribution is -2.37. The number of ether oxygens (including phenoxy) is 1. The zero-order valence-corrected chi connectivity index (χ0v) is 16.6. The molecule has 2 rings (SSSR count). The van der Waals surface area contributed by atoms with Crippen molar-refractivity contribution in [3.63, 3.8) is 0 Å². The van der Waals surface area contributed by atoms with Crippen molar-refractivity contribution in [3.8, 4) is 5.75 Å². The Kier molecular flexibility index (Phi) is 7.95. The highest BCUT2D eigenvalue weighted by Gasteiger charge is 2.06. The number of nitrogens with zero attached hydrogens (tertiary/aromatic N) is 1. The molecule has 144 valence electrons. The Morgan fingerprint density at radius 3 is 2.67 bits per heavy atom. The maximum Gasteiger partial charge on any atom is 0.251 e. The summed E-state index contributed by atoms with van der Waals surface area (Å²) >= 11 is 6.26. The molecule has 0 fully saturated rings. The predicted octanol–water partition coefficient (Wildman–Crippen LogP) is 2.62. The van der Waals surface area contributed by atoms with Crippen LogP contribution in [-0.2, 0) is 13.0 Å². The van der Waals surface area contributed by atoms with Crippen molar-refractivity contribution in [3.05, 3.63) is 64.2 Å². The van der Waals surface area contributed by atoms with Gasteiger partial charge in [0, 0.05) is 37.8 Å². The number of guanidine groups is 1. The highest BCUT2D eigenvalue weighted by molar-refractivity contribution is 6.31. The average molecular weight is 389 g/mol. The van der Waals surface area contributed by atoms with Crippen LogP contribution < -0.4 is 20.7 Å². The van der Waals surface area contributed by atoms with E-state index in [-0.39, 0.29) is 5.91 Å². The molecular formula is C20H25ClN4O2. The molecule has 2 aromatic carbocycles. The maximum atomic E-state index is 11.7. The fourth-order valence-corrected chi connectivity index (χ4v) is 2.81. The minimum Gasteiger partial charge on any atom is -0.497 e. The van der Waals surface area contributed by atoms with E-state index in [0.717, 1.165) is 23.3 Å². The third-order valence-electron chi connectivity index (χ3n) is 4.05. The molecule has 0 saturated carbocycles. The number of amides is 1. The number of benzene rings is 2. The first-order valence-electron chi connectivity index (χ1n) is 8.65. The maximum absolute atomic E-state index is 11.7. The average Bonchev–Trinajstić information content (AvgIpc) is 2.71. The second-order valence-corrected chi connectivity index (χ2v) is 6.25. The van der Waals surface area contributed by atoms with Gasteiger partial charge in [-0.3, -0.25) is 9.79 Å². The molecule has 6 nitrogen and oxygen atoms in total. The van der Waals surface area contributed by atoms with Crippen molar-refractivity contribution >= 4 is 23.5 Å². The van der Waals surface area contributed by atoms with E-state index in [4.69, 9.17) is 16.3 Å². The number of hydrogen-bond acceptors (Lipinski definition) is 3. The predicted molar refractivity (Wildman–Crippen MR) is 110 cm³/mol. The molecule has 0 aliphatic carbocycles. The summed E-state index contributed by atoms with van der Waals surface area (Å²) in [6, 6.07) is 13.1. The summed E-state index contributed by atoms with van der Waals surface area (Å²) in [5, 5.41) is 9.82. The van der Waals surface area contributed by atoms with E-state index < -0.39 is 0 Å². The fourth-order valence-electron chi connectivity index (χ4n) is 2.55. The molecule has 0 unspecified atom stereocenters. The van der Waals surface area contributed by atoms with E-state index in [2.05, 4.69) is 20.9 Å². The van der Waals surface area contributed by atoms with Crippen molar-refractivity contribution in [2.24, 2.45) is 4.99 Å². The second-order valence-electron chi connectivity index (χ2n) is 5.84. The van der Waals surface area contributed by atoms with Crippen molar-refractivity contribution in [1.82, 2.24) is 16.0 Å². The van der Waals surface area contributed by atoms with Crippen LogP contribution in [0.3, 0.4) is 0 Å². The molecule has 3 N–H and O–H groups in total.